The third kappa shape index (κ3) is 2.13. The van der Waals surface area contributed by atoms with Gasteiger partial charge in [0.15, 0.2) is 5.75 Å². The topological polar surface area (TPSA) is 64.3 Å². The van der Waals surface area contributed by atoms with Gasteiger partial charge in [0, 0.05) is 12.4 Å². The maximum atomic E-state index is 11.1. The Balaban J connectivity index is 2.58. The monoisotopic (exact) mass is 232 g/mol. The lowest BCUT2D eigenvalue weighted by Gasteiger charge is -2.13. The van der Waals surface area contributed by atoms with Crippen LogP contribution >= 0.6 is 0 Å². The summed E-state index contributed by atoms with van der Waals surface area (Å²) in [5.74, 6) is -0.643. The highest BCUT2D eigenvalue weighted by atomic mass is 16.5. The van der Waals surface area contributed by atoms with Crippen molar-refractivity contribution in [2.24, 2.45) is 0 Å². The zero-order chi connectivity index (χ0) is 12.3. The molecule has 0 spiro atoms. The van der Waals surface area contributed by atoms with Crippen molar-refractivity contribution in [1.82, 2.24) is 9.55 Å². The first kappa shape index (κ1) is 11.2. The molecule has 0 amide bonds. The van der Waals surface area contributed by atoms with Crippen molar-refractivity contribution < 1.29 is 14.6 Å². The van der Waals surface area contributed by atoms with Gasteiger partial charge in [0.1, 0.15) is 5.56 Å². The number of nitrogens with zero attached hydrogens (tertiary/aromatic N) is 2. The number of hydrogen-bond acceptors (Lipinski definition) is 3. The quantitative estimate of drug-likeness (QED) is 0.875. The minimum absolute atomic E-state index is 0.151. The van der Waals surface area contributed by atoms with E-state index in [0.717, 1.165) is 0 Å². The summed E-state index contributed by atoms with van der Waals surface area (Å²) in [4.78, 5) is 15.0. The molecule has 0 fully saturated rings. The van der Waals surface area contributed by atoms with E-state index < -0.39 is 5.97 Å². The fraction of sp³-hybridized carbons (Fsp3) is 0.167. The molecule has 88 valence electrons. The van der Waals surface area contributed by atoms with Gasteiger partial charge in [0.05, 0.1) is 18.6 Å². The predicted octanol–water partition coefficient (Wildman–Crippen LogP) is 1.97. The van der Waals surface area contributed by atoms with Crippen molar-refractivity contribution in [2.45, 2.75) is 6.92 Å². The second kappa shape index (κ2) is 4.69. The van der Waals surface area contributed by atoms with E-state index in [1.165, 1.54) is 6.07 Å². The van der Waals surface area contributed by atoms with Crippen molar-refractivity contribution in [3.63, 3.8) is 0 Å². The fourth-order valence-corrected chi connectivity index (χ4v) is 1.59. The van der Waals surface area contributed by atoms with E-state index in [1.807, 2.05) is 6.92 Å². The molecule has 1 heterocycles. The highest BCUT2D eigenvalue weighted by molar-refractivity contribution is 5.92. The summed E-state index contributed by atoms with van der Waals surface area (Å²) >= 11 is 0. The van der Waals surface area contributed by atoms with Crippen LogP contribution in [0.4, 0.5) is 0 Å². The third-order valence-corrected chi connectivity index (χ3v) is 2.30. The van der Waals surface area contributed by atoms with Crippen LogP contribution in [0, 0.1) is 0 Å². The predicted molar refractivity (Wildman–Crippen MR) is 61.7 cm³/mol. The van der Waals surface area contributed by atoms with Gasteiger partial charge in [-0.05, 0) is 19.1 Å². The van der Waals surface area contributed by atoms with Gasteiger partial charge in [-0.3, -0.25) is 0 Å². The largest absolute Gasteiger partial charge is 0.491 e. The number of benzene rings is 1. The number of aromatic carboxylic acids is 1. The zero-order valence-corrected chi connectivity index (χ0v) is 9.33. The van der Waals surface area contributed by atoms with Crippen molar-refractivity contribution in [2.75, 3.05) is 6.61 Å². The molecule has 0 saturated carbocycles. The number of aromatic nitrogens is 2. The lowest BCUT2D eigenvalue weighted by atomic mass is 10.1. The van der Waals surface area contributed by atoms with E-state index in [4.69, 9.17) is 9.84 Å². The summed E-state index contributed by atoms with van der Waals surface area (Å²) in [5.41, 5.74) is 0.822. The summed E-state index contributed by atoms with van der Waals surface area (Å²) < 4.78 is 7.14. The SMILES string of the molecule is CCOc1c(C(=O)O)cccc1-n1ccnc1. The molecule has 2 rings (SSSR count). The third-order valence-electron chi connectivity index (χ3n) is 2.30. The van der Waals surface area contributed by atoms with Crippen LogP contribution in [0.5, 0.6) is 5.75 Å². The van der Waals surface area contributed by atoms with Gasteiger partial charge in [-0.15, -0.1) is 0 Å². The first-order valence-corrected chi connectivity index (χ1v) is 5.21. The van der Waals surface area contributed by atoms with Crippen molar-refractivity contribution in [1.29, 1.82) is 0 Å². The van der Waals surface area contributed by atoms with Crippen LogP contribution in [0.15, 0.2) is 36.9 Å². The molecule has 5 heteroatoms. The number of imidazole rings is 1. The van der Waals surface area contributed by atoms with E-state index in [0.29, 0.717) is 18.0 Å². The number of para-hydroxylation sites is 1. The minimum Gasteiger partial charge on any atom is -0.491 e. The molecule has 0 saturated heterocycles. The van der Waals surface area contributed by atoms with Crippen LogP contribution in [-0.2, 0) is 0 Å². The Hall–Kier alpha value is -2.30. The maximum absolute atomic E-state index is 11.1. The molecule has 0 bridgehead atoms. The Kier molecular flexibility index (Phi) is 3.09. The summed E-state index contributed by atoms with van der Waals surface area (Å²) in [6.45, 7) is 2.22. The average Bonchev–Trinajstić information content (AvgIpc) is 2.83. The van der Waals surface area contributed by atoms with E-state index in [2.05, 4.69) is 4.98 Å². The van der Waals surface area contributed by atoms with Crippen LogP contribution in [0.1, 0.15) is 17.3 Å². The van der Waals surface area contributed by atoms with Crippen molar-refractivity contribution in [3.05, 3.63) is 42.5 Å². The van der Waals surface area contributed by atoms with E-state index in [9.17, 15) is 4.79 Å². The Morgan fingerprint density at radius 2 is 2.35 bits per heavy atom. The van der Waals surface area contributed by atoms with Crippen LogP contribution in [-0.4, -0.2) is 27.2 Å². The summed E-state index contributed by atoms with van der Waals surface area (Å²) in [6, 6.07) is 4.99. The highest BCUT2D eigenvalue weighted by Gasteiger charge is 2.15. The molecule has 17 heavy (non-hydrogen) atoms. The van der Waals surface area contributed by atoms with Gasteiger partial charge in [-0.1, -0.05) is 6.07 Å². The highest BCUT2D eigenvalue weighted by Crippen LogP contribution is 2.27. The van der Waals surface area contributed by atoms with Crippen molar-refractivity contribution >= 4 is 5.97 Å². The number of carboxylic acids is 1. The number of carbonyl (C=O) groups is 1. The van der Waals surface area contributed by atoms with Crippen LogP contribution in [0.2, 0.25) is 0 Å². The number of rotatable bonds is 4. The molecule has 1 N–H and O–H groups in total. The minimum atomic E-state index is -1.00. The lowest BCUT2D eigenvalue weighted by molar-refractivity contribution is 0.0692. The number of carboxylic acid groups (broad SMARTS) is 1. The van der Waals surface area contributed by atoms with E-state index in [-0.39, 0.29) is 5.56 Å². The molecule has 1 aromatic carbocycles. The van der Waals surface area contributed by atoms with Gasteiger partial charge >= 0.3 is 5.97 Å². The first-order chi connectivity index (χ1) is 8.24. The maximum Gasteiger partial charge on any atom is 0.339 e. The molecule has 2 aromatic rings. The molecular formula is C12H12N2O3. The second-order valence-corrected chi connectivity index (χ2v) is 3.36. The summed E-state index contributed by atoms with van der Waals surface area (Å²) in [6.07, 6.45) is 4.97. The summed E-state index contributed by atoms with van der Waals surface area (Å²) in [7, 11) is 0. The Morgan fingerprint density at radius 1 is 1.53 bits per heavy atom. The molecule has 0 radical (unpaired) electrons. The van der Waals surface area contributed by atoms with Gasteiger partial charge in [-0.25, -0.2) is 9.78 Å². The van der Waals surface area contributed by atoms with Crippen molar-refractivity contribution in [3.8, 4) is 11.4 Å². The van der Waals surface area contributed by atoms with Gasteiger partial charge in [0.25, 0.3) is 0 Å². The number of hydrogen-bond donors (Lipinski definition) is 1. The second-order valence-electron chi connectivity index (χ2n) is 3.36. The van der Waals surface area contributed by atoms with E-state index >= 15 is 0 Å². The van der Waals surface area contributed by atoms with Gasteiger partial charge in [0.2, 0.25) is 0 Å². The molecule has 0 unspecified atom stereocenters. The Labute approximate surface area is 98.3 Å². The molecule has 5 nitrogen and oxygen atoms in total. The van der Waals surface area contributed by atoms with Gasteiger partial charge < -0.3 is 14.4 Å². The molecular weight excluding hydrogens is 220 g/mol. The van der Waals surface area contributed by atoms with Crippen LogP contribution in [0.25, 0.3) is 5.69 Å². The molecule has 1 aromatic heterocycles. The molecule has 0 aliphatic carbocycles. The smallest absolute Gasteiger partial charge is 0.339 e. The van der Waals surface area contributed by atoms with Crippen LogP contribution in [0.3, 0.4) is 0 Å². The summed E-state index contributed by atoms with van der Waals surface area (Å²) in [5, 5.41) is 9.11. The lowest BCUT2D eigenvalue weighted by Crippen LogP contribution is -2.06. The fourth-order valence-electron chi connectivity index (χ4n) is 1.59. The molecule has 0 aliphatic rings. The van der Waals surface area contributed by atoms with E-state index in [1.54, 1.807) is 35.4 Å². The first-order valence-electron chi connectivity index (χ1n) is 5.21. The molecule has 0 atom stereocenters. The van der Waals surface area contributed by atoms with Crippen LogP contribution < -0.4 is 4.74 Å². The zero-order valence-electron chi connectivity index (χ0n) is 9.33. The average molecular weight is 232 g/mol. The standard InChI is InChI=1S/C12H12N2O3/c1-2-17-11-9(12(15)16)4-3-5-10(11)14-7-6-13-8-14/h3-8H,2H2,1H3,(H,15,16). The number of ether oxygens (including phenoxy) is 1. The Bertz CT molecular complexity index is 521. The normalized spacial score (nSPS) is 10.2. The van der Waals surface area contributed by atoms with Gasteiger partial charge in [-0.2, -0.15) is 0 Å². The molecule has 0 aliphatic heterocycles. The Morgan fingerprint density at radius 3 is 2.94 bits per heavy atom.